The molecule has 1 N–H and O–H groups in total. The first-order valence-corrected chi connectivity index (χ1v) is 4.54. The predicted octanol–water partition coefficient (Wildman–Crippen LogP) is 2.08. The van der Waals surface area contributed by atoms with Crippen LogP contribution in [0.2, 0.25) is 0 Å². The van der Waals surface area contributed by atoms with Crippen molar-refractivity contribution in [3.63, 3.8) is 0 Å². The van der Waals surface area contributed by atoms with E-state index in [1.54, 1.807) is 0 Å². The lowest BCUT2D eigenvalue weighted by atomic mass is 10.0. The predicted molar refractivity (Wildman–Crippen MR) is 55.7 cm³/mol. The first kappa shape index (κ1) is 10.1. The van der Waals surface area contributed by atoms with Crippen LogP contribution in [0.1, 0.15) is 21.9 Å². The Bertz CT molecular complexity index is 336. The van der Waals surface area contributed by atoms with E-state index < -0.39 is 11.2 Å². The van der Waals surface area contributed by atoms with Crippen LogP contribution in [0, 0.1) is 13.8 Å². The minimum absolute atomic E-state index is 0.612. The first-order chi connectivity index (χ1) is 6.02. The van der Waals surface area contributed by atoms with Gasteiger partial charge in [-0.2, -0.15) is 12.6 Å². The molecule has 69 valence electrons. The van der Waals surface area contributed by atoms with Gasteiger partial charge in [-0.1, -0.05) is 18.2 Å². The average molecular weight is 194 g/mol. The maximum Gasteiger partial charge on any atom is 0.255 e. The van der Waals surface area contributed by atoms with Gasteiger partial charge in [0.05, 0.1) is 0 Å². The second kappa shape index (κ2) is 3.83. The molecule has 1 unspecified atom stereocenters. The van der Waals surface area contributed by atoms with Crippen LogP contribution in [-0.2, 0) is 4.79 Å². The third-order valence-corrected chi connectivity index (χ3v) is 2.63. The third kappa shape index (κ3) is 2.25. The van der Waals surface area contributed by atoms with Gasteiger partial charge in [0.1, 0.15) is 5.25 Å². The standard InChI is InChI=1S/C10H12NOS/c1-6-3-4-8(5-7(6)2)9(13)10(11)12/h3-5,9,11,13H,1-2H3. The SMILES string of the molecule is Cc1ccc(C(S)C([NH])=O)cc1C. The number of benzene rings is 1. The number of amides is 1. The number of aryl methyl sites for hydroxylation is 2. The molecule has 0 spiro atoms. The molecular weight excluding hydrogens is 182 g/mol. The summed E-state index contributed by atoms with van der Waals surface area (Å²) in [5, 5.41) is -0.612. The van der Waals surface area contributed by atoms with E-state index in [9.17, 15) is 4.79 Å². The van der Waals surface area contributed by atoms with Crippen LogP contribution in [0.5, 0.6) is 0 Å². The molecule has 1 atom stereocenters. The Hall–Kier alpha value is -0.960. The Labute approximate surface area is 83.5 Å². The lowest BCUT2D eigenvalue weighted by Gasteiger charge is -2.08. The van der Waals surface area contributed by atoms with Gasteiger partial charge < -0.3 is 0 Å². The summed E-state index contributed by atoms with van der Waals surface area (Å²) in [7, 11) is 0. The van der Waals surface area contributed by atoms with Gasteiger partial charge in [0.2, 0.25) is 0 Å². The van der Waals surface area contributed by atoms with Gasteiger partial charge in [0, 0.05) is 0 Å². The van der Waals surface area contributed by atoms with E-state index in [0.717, 1.165) is 11.1 Å². The minimum Gasteiger partial charge on any atom is -0.272 e. The largest absolute Gasteiger partial charge is 0.272 e. The molecule has 1 amide bonds. The highest BCUT2D eigenvalue weighted by atomic mass is 32.1. The third-order valence-electron chi connectivity index (χ3n) is 2.10. The average Bonchev–Trinajstić information content (AvgIpc) is 2.08. The number of rotatable bonds is 2. The van der Waals surface area contributed by atoms with E-state index in [1.807, 2.05) is 32.0 Å². The molecule has 1 aromatic rings. The normalized spacial score (nSPS) is 12.5. The van der Waals surface area contributed by atoms with E-state index in [-0.39, 0.29) is 0 Å². The Morgan fingerprint density at radius 2 is 2.00 bits per heavy atom. The zero-order valence-electron chi connectivity index (χ0n) is 7.66. The van der Waals surface area contributed by atoms with Gasteiger partial charge in [-0.25, -0.2) is 0 Å². The highest BCUT2D eigenvalue weighted by Gasteiger charge is 2.13. The van der Waals surface area contributed by atoms with Crippen LogP contribution < -0.4 is 5.73 Å². The molecule has 1 rings (SSSR count). The van der Waals surface area contributed by atoms with Crippen LogP contribution >= 0.6 is 12.6 Å². The maximum absolute atomic E-state index is 10.7. The smallest absolute Gasteiger partial charge is 0.255 e. The van der Waals surface area contributed by atoms with E-state index in [0.29, 0.717) is 0 Å². The summed E-state index contributed by atoms with van der Waals surface area (Å²) < 4.78 is 0. The number of carbonyl (C=O) groups excluding carboxylic acids is 1. The van der Waals surface area contributed by atoms with E-state index >= 15 is 0 Å². The maximum atomic E-state index is 10.7. The summed E-state index contributed by atoms with van der Waals surface area (Å²) >= 11 is 4.06. The van der Waals surface area contributed by atoms with Crippen LogP contribution in [0.3, 0.4) is 0 Å². The molecular formula is C10H12NOS. The Morgan fingerprint density at radius 3 is 2.46 bits per heavy atom. The second-order valence-electron chi connectivity index (χ2n) is 3.11. The van der Waals surface area contributed by atoms with Crippen molar-refractivity contribution in [3.05, 3.63) is 34.9 Å². The quantitative estimate of drug-likeness (QED) is 0.719. The molecule has 0 heterocycles. The fraction of sp³-hybridized carbons (Fsp3) is 0.300. The number of nitrogens with one attached hydrogen (secondary N) is 1. The molecule has 0 saturated carbocycles. The number of thiol groups is 1. The summed E-state index contributed by atoms with van der Waals surface area (Å²) in [6.07, 6.45) is 0. The van der Waals surface area contributed by atoms with Crippen molar-refractivity contribution in [2.75, 3.05) is 0 Å². The van der Waals surface area contributed by atoms with Gasteiger partial charge in [0.25, 0.3) is 5.91 Å². The fourth-order valence-corrected chi connectivity index (χ4v) is 1.25. The second-order valence-corrected chi connectivity index (χ2v) is 3.63. The molecule has 3 heteroatoms. The molecule has 2 nitrogen and oxygen atoms in total. The van der Waals surface area contributed by atoms with Crippen molar-refractivity contribution in [3.8, 4) is 0 Å². The zero-order chi connectivity index (χ0) is 10.0. The molecule has 0 aliphatic rings. The molecule has 0 aliphatic carbocycles. The molecule has 0 bridgehead atoms. The summed E-state index contributed by atoms with van der Waals surface area (Å²) in [5.74, 6) is -0.661. The van der Waals surface area contributed by atoms with Crippen LogP contribution in [0.25, 0.3) is 0 Å². The zero-order valence-corrected chi connectivity index (χ0v) is 8.56. The van der Waals surface area contributed by atoms with Crippen LogP contribution in [0.4, 0.5) is 0 Å². The number of hydrogen-bond donors (Lipinski definition) is 1. The van der Waals surface area contributed by atoms with Crippen LogP contribution in [0.15, 0.2) is 18.2 Å². The summed E-state index contributed by atoms with van der Waals surface area (Å²) in [6, 6.07) is 5.68. The summed E-state index contributed by atoms with van der Waals surface area (Å²) in [6.45, 7) is 3.99. The lowest BCUT2D eigenvalue weighted by molar-refractivity contribution is -0.118. The monoisotopic (exact) mass is 194 g/mol. The number of hydrogen-bond acceptors (Lipinski definition) is 2. The summed E-state index contributed by atoms with van der Waals surface area (Å²) in [5.41, 5.74) is 10.0. The van der Waals surface area contributed by atoms with Crippen molar-refractivity contribution in [1.82, 2.24) is 5.73 Å². The Balaban J connectivity index is 3.03. The van der Waals surface area contributed by atoms with Crippen molar-refractivity contribution in [2.24, 2.45) is 0 Å². The first-order valence-electron chi connectivity index (χ1n) is 4.03. The molecule has 0 fully saturated rings. The van der Waals surface area contributed by atoms with Crippen molar-refractivity contribution >= 4 is 18.5 Å². The topological polar surface area (TPSA) is 40.9 Å². The molecule has 1 aromatic carbocycles. The Kier molecular flexibility index (Phi) is 2.98. The van der Waals surface area contributed by atoms with Gasteiger partial charge in [-0.15, -0.1) is 0 Å². The van der Waals surface area contributed by atoms with Gasteiger partial charge in [-0.05, 0) is 30.5 Å². The van der Waals surface area contributed by atoms with E-state index in [4.69, 9.17) is 5.73 Å². The minimum atomic E-state index is -0.661. The lowest BCUT2D eigenvalue weighted by Crippen LogP contribution is -2.07. The van der Waals surface area contributed by atoms with Gasteiger partial charge in [0.15, 0.2) is 0 Å². The van der Waals surface area contributed by atoms with Gasteiger partial charge >= 0.3 is 0 Å². The van der Waals surface area contributed by atoms with E-state index in [1.165, 1.54) is 5.56 Å². The highest BCUT2D eigenvalue weighted by molar-refractivity contribution is 7.81. The molecule has 13 heavy (non-hydrogen) atoms. The highest BCUT2D eigenvalue weighted by Crippen LogP contribution is 2.21. The van der Waals surface area contributed by atoms with Crippen molar-refractivity contribution in [2.45, 2.75) is 19.1 Å². The van der Waals surface area contributed by atoms with E-state index in [2.05, 4.69) is 12.6 Å². The molecule has 1 radical (unpaired) electrons. The van der Waals surface area contributed by atoms with Gasteiger partial charge in [-0.3, -0.25) is 10.5 Å². The molecule has 0 aromatic heterocycles. The Morgan fingerprint density at radius 1 is 1.38 bits per heavy atom. The molecule has 0 aliphatic heterocycles. The van der Waals surface area contributed by atoms with Crippen molar-refractivity contribution < 1.29 is 4.79 Å². The van der Waals surface area contributed by atoms with Crippen LogP contribution in [-0.4, -0.2) is 5.91 Å². The fourth-order valence-electron chi connectivity index (χ4n) is 1.09. The number of carbonyl (C=O) groups is 1. The van der Waals surface area contributed by atoms with Crippen molar-refractivity contribution in [1.29, 1.82) is 0 Å². The summed E-state index contributed by atoms with van der Waals surface area (Å²) in [4.78, 5) is 10.7. The molecule has 0 saturated heterocycles.